The van der Waals surface area contributed by atoms with Crippen molar-refractivity contribution in [2.75, 3.05) is 17.7 Å². The Morgan fingerprint density at radius 2 is 1.32 bits per heavy atom. The molecule has 0 atom stereocenters. The third-order valence-electron chi connectivity index (χ3n) is 3.30. The third-order valence-corrected chi connectivity index (χ3v) is 3.30. The molecule has 0 fully saturated rings. The summed E-state index contributed by atoms with van der Waals surface area (Å²) in [4.78, 5) is 35.0. The summed E-state index contributed by atoms with van der Waals surface area (Å²) in [5.41, 5.74) is 1.97. The van der Waals surface area contributed by atoms with E-state index < -0.39 is 5.91 Å². The zero-order valence-corrected chi connectivity index (χ0v) is 13.5. The molecule has 0 aliphatic rings. The van der Waals surface area contributed by atoms with Crippen molar-refractivity contribution in [2.45, 2.75) is 6.42 Å². The summed E-state index contributed by atoms with van der Waals surface area (Å²) in [5, 5.41) is 16.2. The zero-order valence-electron chi connectivity index (χ0n) is 13.5. The maximum atomic E-state index is 12.2. The Hall–Kier alpha value is -3.66. The number of carbonyl (C=O) groups excluding carboxylic acids is 3. The van der Waals surface area contributed by atoms with E-state index >= 15 is 0 Å². The molecule has 7 heteroatoms. The van der Waals surface area contributed by atoms with Crippen molar-refractivity contribution >= 4 is 29.1 Å². The normalized spacial score (nSPS) is 9.60. The standard InChI is InChI=1S/C18H16N4O3/c1-20-17(24)12-2-8-15(9-3-12)22-18(25)13-4-6-14(7-5-13)21-16(23)10-11-19/h2-9H,10H2,1H3,(H,20,24)(H,21,23)(H,22,25). The van der Waals surface area contributed by atoms with Crippen molar-refractivity contribution in [3.63, 3.8) is 0 Å². The Morgan fingerprint density at radius 3 is 1.80 bits per heavy atom. The highest BCUT2D eigenvalue weighted by Gasteiger charge is 2.08. The SMILES string of the molecule is CNC(=O)c1ccc(NC(=O)c2ccc(NC(=O)CC#N)cc2)cc1. The van der Waals surface area contributed by atoms with Crippen molar-refractivity contribution in [1.29, 1.82) is 5.26 Å². The molecule has 0 unspecified atom stereocenters. The van der Waals surface area contributed by atoms with Crippen LogP contribution in [0.1, 0.15) is 27.1 Å². The molecule has 2 rings (SSSR count). The van der Waals surface area contributed by atoms with Crippen LogP contribution in [0.3, 0.4) is 0 Å². The molecule has 3 amide bonds. The highest BCUT2D eigenvalue weighted by atomic mass is 16.2. The quantitative estimate of drug-likeness (QED) is 0.776. The van der Waals surface area contributed by atoms with Gasteiger partial charge in [0.25, 0.3) is 11.8 Å². The Labute approximate surface area is 144 Å². The molecular formula is C18H16N4O3. The number of nitrogens with zero attached hydrogens (tertiary/aromatic N) is 1. The topological polar surface area (TPSA) is 111 Å². The van der Waals surface area contributed by atoms with E-state index in [1.54, 1.807) is 61.6 Å². The van der Waals surface area contributed by atoms with E-state index in [1.807, 2.05) is 0 Å². The lowest BCUT2D eigenvalue weighted by molar-refractivity contribution is -0.115. The third kappa shape index (κ3) is 4.91. The fourth-order valence-corrected chi connectivity index (χ4v) is 2.03. The minimum absolute atomic E-state index is 0.202. The maximum absolute atomic E-state index is 12.2. The van der Waals surface area contributed by atoms with Gasteiger partial charge in [0.1, 0.15) is 6.42 Å². The van der Waals surface area contributed by atoms with Crippen LogP contribution in [0.25, 0.3) is 0 Å². The van der Waals surface area contributed by atoms with Crippen LogP contribution < -0.4 is 16.0 Å². The number of nitriles is 1. The number of carbonyl (C=O) groups is 3. The van der Waals surface area contributed by atoms with E-state index in [1.165, 1.54) is 0 Å². The first kappa shape index (κ1) is 17.7. The van der Waals surface area contributed by atoms with Gasteiger partial charge in [-0.1, -0.05) is 0 Å². The van der Waals surface area contributed by atoms with Crippen LogP contribution in [0.15, 0.2) is 48.5 Å². The van der Waals surface area contributed by atoms with Crippen molar-refractivity contribution in [3.8, 4) is 6.07 Å². The van der Waals surface area contributed by atoms with Gasteiger partial charge in [0, 0.05) is 29.5 Å². The fourth-order valence-electron chi connectivity index (χ4n) is 2.03. The first-order chi connectivity index (χ1) is 12.0. The van der Waals surface area contributed by atoms with Crippen molar-refractivity contribution in [3.05, 3.63) is 59.7 Å². The second kappa shape index (κ2) is 8.26. The van der Waals surface area contributed by atoms with Gasteiger partial charge in [-0.05, 0) is 48.5 Å². The number of hydrogen-bond acceptors (Lipinski definition) is 4. The zero-order chi connectivity index (χ0) is 18.2. The Bertz CT molecular complexity index is 821. The molecule has 0 aliphatic carbocycles. The minimum atomic E-state index is -0.407. The molecule has 0 saturated heterocycles. The fraction of sp³-hybridized carbons (Fsp3) is 0.111. The van der Waals surface area contributed by atoms with Crippen LogP contribution in [-0.2, 0) is 4.79 Å². The predicted molar refractivity (Wildman–Crippen MR) is 93.1 cm³/mol. The second-order valence-corrected chi connectivity index (χ2v) is 5.07. The minimum Gasteiger partial charge on any atom is -0.355 e. The number of rotatable bonds is 5. The molecule has 0 aliphatic heterocycles. The monoisotopic (exact) mass is 336 g/mol. The predicted octanol–water partition coefficient (Wildman–Crippen LogP) is 2.15. The van der Waals surface area contributed by atoms with Crippen LogP contribution in [-0.4, -0.2) is 24.8 Å². The molecule has 0 saturated carbocycles. The van der Waals surface area contributed by atoms with Gasteiger partial charge in [-0.15, -0.1) is 0 Å². The summed E-state index contributed by atoms with van der Waals surface area (Å²) < 4.78 is 0. The average molecular weight is 336 g/mol. The van der Waals surface area contributed by atoms with Gasteiger partial charge in [-0.3, -0.25) is 14.4 Å². The van der Waals surface area contributed by atoms with Crippen molar-refractivity contribution in [1.82, 2.24) is 5.32 Å². The molecule has 0 bridgehead atoms. The summed E-state index contributed by atoms with van der Waals surface area (Å²) in [7, 11) is 1.55. The highest BCUT2D eigenvalue weighted by Crippen LogP contribution is 2.14. The van der Waals surface area contributed by atoms with E-state index in [4.69, 9.17) is 5.26 Å². The summed E-state index contributed by atoms with van der Waals surface area (Å²) in [6, 6.07) is 14.6. The molecule has 126 valence electrons. The van der Waals surface area contributed by atoms with Crippen LogP contribution in [0.2, 0.25) is 0 Å². The Kier molecular flexibility index (Phi) is 5.85. The van der Waals surface area contributed by atoms with Crippen molar-refractivity contribution in [2.24, 2.45) is 0 Å². The Morgan fingerprint density at radius 1 is 0.840 bits per heavy atom. The Balaban J connectivity index is 2.00. The summed E-state index contributed by atoms with van der Waals surface area (Å²) in [6.45, 7) is 0. The lowest BCUT2D eigenvalue weighted by Crippen LogP contribution is -2.18. The summed E-state index contributed by atoms with van der Waals surface area (Å²) in [6.07, 6.45) is -0.228. The van der Waals surface area contributed by atoms with Gasteiger partial charge in [-0.2, -0.15) is 5.26 Å². The average Bonchev–Trinajstić information content (AvgIpc) is 2.62. The number of nitrogens with one attached hydrogen (secondary N) is 3. The van der Waals surface area contributed by atoms with Crippen LogP contribution in [0, 0.1) is 11.3 Å². The number of hydrogen-bond donors (Lipinski definition) is 3. The molecule has 0 heterocycles. The molecule has 2 aromatic carbocycles. The van der Waals surface area contributed by atoms with E-state index in [0.717, 1.165) is 0 Å². The van der Waals surface area contributed by atoms with Gasteiger partial charge >= 0.3 is 0 Å². The van der Waals surface area contributed by atoms with Gasteiger partial charge in [0.05, 0.1) is 6.07 Å². The lowest BCUT2D eigenvalue weighted by atomic mass is 10.1. The van der Waals surface area contributed by atoms with E-state index in [-0.39, 0.29) is 18.2 Å². The van der Waals surface area contributed by atoms with E-state index in [9.17, 15) is 14.4 Å². The highest BCUT2D eigenvalue weighted by molar-refractivity contribution is 6.05. The van der Waals surface area contributed by atoms with Crippen LogP contribution >= 0.6 is 0 Å². The first-order valence-electron chi connectivity index (χ1n) is 7.44. The van der Waals surface area contributed by atoms with Gasteiger partial charge in [-0.25, -0.2) is 0 Å². The lowest BCUT2D eigenvalue weighted by Gasteiger charge is -2.07. The molecular weight excluding hydrogens is 320 g/mol. The largest absolute Gasteiger partial charge is 0.355 e. The summed E-state index contributed by atoms with van der Waals surface area (Å²) >= 11 is 0. The number of amides is 3. The van der Waals surface area contributed by atoms with Gasteiger partial charge in [0.15, 0.2) is 0 Å². The van der Waals surface area contributed by atoms with Crippen molar-refractivity contribution < 1.29 is 14.4 Å². The van der Waals surface area contributed by atoms with Gasteiger partial charge < -0.3 is 16.0 Å². The molecule has 2 aromatic rings. The number of anilines is 2. The summed E-state index contributed by atoms with van der Waals surface area (Å²) in [5.74, 6) is -0.926. The number of benzene rings is 2. The maximum Gasteiger partial charge on any atom is 0.255 e. The second-order valence-electron chi connectivity index (χ2n) is 5.07. The molecule has 0 spiro atoms. The molecule has 25 heavy (non-hydrogen) atoms. The van der Waals surface area contributed by atoms with Crippen LogP contribution in [0.5, 0.6) is 0 Å². The molecule has 0 radical (unpaired) electrons. The first-order valence-corrected chi connectivity index (χ1v) is 7.44. The van der Waals surface area contributed by atoms with Gasteiger partial charge in [0.2, 0.25) is 5.91 Å². The smallest absolute Gasteiger partial charge is 0.255 e. The van der Waals surface area contributed by atoms with E-state index in [2.05, 4.69) is 16.0 Å². The molecule has 3 N–H and O–H groups in total. The molecule has 7 nitrogen and oxygen atoms in total. The molecule has 0 aromatic heterocycles. The van der Waals surface area contributed by atoms with E-state index in [0.29, 0.717) is 22.5 Å². The van der Waals surface area contributed by atoms with Crippen LogP contribution in [0.4, 0.5) is 11.4 Å².